The maximum absolute atomic E-state index is 5.28. The molecule has 0 aromatic carbocycles. The van der Waals surface area contributed by atoms with Crippen LogP contribution in [0.3, 0.4) is 0 Å². The van der Waals surface area contributed by atoms with Gasteiger partial charge in [0.05, 0.1) is 6.10 Å². The van der Waals surface area contributed by atoms with Crippen molar-refractivity contribution in [3.05, 3.63) is 0 Å². The molecule has 2 nitrogen and oxygen atoms in total. The van der Waals surface area contributed by atoms with E-state index in [1.807, 2.05) is 19.1 Å². The maximum Gasteiger partial charge on any atom is 0.0596 e. The molecule has 0 aromatic rings. The van der Waals surface area contributed by atoms with Crippen LogP contribution < -0.4 is 0 Å². The topological polar surface area (TPSA) is 12.5 Å². The Morgan fingerprint density at radius 1 is 1.45 bits per heavy atom. The molecule has 0 bridgehead atoms. The fourth-order valence-corrected chi connectivity index (χ4v) is 2.21. The highest BCUT2D eigenvalue weighted by atomic mass is 32.2. The molecule has 0 saturated carbocycles. The summed E-state index contributed by atoms with van der Waals surface area (Å²) in [7, 11) is 1.81. The van der Waals surface area contributed by atoms with Crippen LogP contribution in [-0.4, -0.2) is 36.4 Å². The molecular weight excluding hydrogens is 158 g/mol. The molecule has 1 rings (SSSR count). The monoisotopic (exact) mass is 175 g/mol. The van der Waals surface area contributed by atoms with Gasteiger partial charge in [-0.25, -0.2) is 0 Å². The molecule has 0 unspecified atom stereocenters. The van der Waals surface area contributed by atoms with Crippen LogP contribution in [-0.2, 0) is 4.74 Å². The fourth-order valence-electron chi connectivity index (χ4n) is 1.38. The van der Waals surface area contributed by atoms with Gasteiger partial charge in [-0.05, 0) is 12.8 Å². The lowest BCUT2D eigenvalue weighted by Crippen LogP contribution is -2.32. The molecule has 1 fully saturated rings. The molecule has 11 heavy (non-hydrogen) atoms. The van der Waals surface area contributed by atoms with Gasteiger partial charge in [0.2, 0.25) is 0 Å². The Labute approximate surface area is 73.4 Å². The summed E-state index contributed by atoms with van der Waals surface area (Å²) in [5.41, 5.74) is 0. The average molecular weight is 175 g/mol. The van der Waals surface area contributed by atoms with E-state index in [4.69, 9.17) is 4.74 Å². The zero-order valence-electron chi connectivity index (χ0n) is 7.38. The van der Waals surface area contributed by atoms with E-state index in [0.29, 0.717) is 6.10 Å². The summed E-state index contributed by atoms with van der Waals surface area (Å²) in [6, 6.07) is 0. The van der Waals surface area contributed by atoms with Gasteiger partial charge in [-0.15, -0.1) is 0 Å². The molecule has 0 aromatic heterocycles. The molecule has 1 saturated heterocycles. The minimum Gasteiger partial charge on any atom is -0.381 e. The third kappa shape index (κ3) is 3.01. The van der Waals surface area contributed by atoms with Crippen molar-refractivity contribution < 1.29 is 4.74 Å². The molecule has 0 radical (unpaired) electrons. The van der Waals surface area contributed by atoms with Crippen LogP contribution in [0.5, 0.6) is 0 Å². The molecule has 0 atom stereocenters. The minimum atomic E-state index is 0.517. The Balaban J connectivity index is 2.14. The van der Waals surface area contributed by atoms with Gasteiger partial charge in [0.1, 0.15) is 0 Å². The van der Waals surface area contributed by atoms with Crippen LogP contribution in [0.4, 0.5) is 0 Å². The van der Waals surface area contributed by atoms with Crippen molar-refractivity contribution >= 4 is 11.9 Å². The van der Waals surface area contributed by atoms with Crippen molar-refractivity contribution in [1.82, 2.24) is 4.31 Å². The molecule has 0 N–H and O–H groups in total. The van der Waals surface area contributed by atoms with Gasteiger partial charge in [-0.1, -0.05) is 18.9 Å². The van der Waals surface area contributed by atoms with Gasteiger partial charge in [0.15, 0.2) is 0 Å². The number of ether oxygens (including phenoxy) is 1. The summed E-state index contributed by atoms with van der Waals surface area (Å²) in [5, 5.41) is 0. The molecule has 0 aliphatic carbocycles. The smallest absolute Gasteiger partial charge is 0.0596 e. The van der Waals surface area contributed by atoms with E-state index in [0.717, 1.165) is 0 Å². The number of hydrogen-bond acceptors (Lipinski definition) is 3. The first-order valence-corrected chi connectivity index (χ1v) is 5.21. The lowest BCUT2D eigenvalue weighted by molar-refractivity contribution is 0.0624. The molecular formula is C8H17NOS. The SMILES string of the molecule is CCSN1CCC(OC)CC1. The van der Waals surface area contributed by atoms with Gasteiger partial charge >= 0.3 is 0 Å². The van der Waals surface area contributed by atoms with Crippen molar-refractivity contribution in [1.29, 1.82) is 0 Å². The highest BCUT2D eigenvalue weighted by Crippen LogP contribution is 2.19. The summed E-state index contributed by atoms with van der Waals surface area (Å²) in [6.07, 6.45) is 2.91. The van der Waals surface area contributed by atoms with Crippen LogP contribution in [0.15, 0.2) is 0 Å². The van der Waals surface area contributed by atoms with Crippen LogP contribution in [0.1, 0.15) is 19.8 Å². The Hall–Kier alpha value is 0.270. The van der Waals surface area contributed by atoms with Crippen LogP contribution in [0.25, 0.3) is 0 Å². The standard InChI is InChI=1S/C8H17NOS/c1-3-11-9-6-4-8(10-2)5-7-9/h8H,3-7H2,1-2H3. The predicted molar refractivity (Wildman–Crippen MR) is 49.7 cm³/mol. The van der Waals surface area contributed by atoms with Gasteiger partial charge in [-0.3, -0.25) is 4.31 Å². The molecule has 3 heteroatoms. The quantitative estimate of drug-likeness (QED) is 0.607. The lowest BCUT2D eigenvalue weighted by Gasteiger charge is -2.29. The summed E-state index contributed by atoms with van der Waals surface area (Å²) < 4.78 is 7.72. The van der Waals surface area contributed by atoms with Crippen LogP contribution in [0, 0.1) is 0 Å². The van der Waals surface area contributed by atoms with E-state index in [1.54, 1.807) is 0 Å². The van der Waals surface area contributed by atoms with Crippen molar-refractivity contribution in [2.24, 2.45) is 0 Å². The lowest BCUT2D eigenvalue weighted by atomic mass is 10.1. The van der Waals surface area contributed by atoms with E-state index in [-0.39, 0.29) is 0 Å². The second kappa shape index (κ2) is 5.01. The summed E-state index contributed by atoms with van der Waals surface area (Å²) in [4.78, 5) is 0. The number of piperidine rings is 1. The number of hydrogen-bond donors (Lipinski definition) is 0. The Morgan fingerprint density at radius 3 is 2.55 bits per heavy atom. The maximum atomic E-state index is 5.28. The highest BCUT2D eigenvalue weighted by Gasteiger charge is 2.17. The van der Waals surface area contributed by atoms with E-state index < -0.39 is 0 Å². The summed E-state index contributed by atoms with van der Waals surface area (Å²) in [6.45, 7) is 4.58. The molecule has 0 spiro atoms. The predicted octanol–water partition coefficient (Wildman–Crippen LogP) is 1.77. The van der Waals surface area contributed by atoms with Gasteiger partial charge in [0, 0.05) is 26.0 Å². The summed E-state index contributed by atoms with van der Waals surface area (Å²) in [5.74, 6) is 1.19. The van der Waals surface area contributed by atoms with Crippen LogP contribution in [0.2, 0.25) is 0 Å². The van der Waals surface area contributed by atoms with Crippen LogP contribution >= 0.6 is 11.9 Å². The Kier molecular flexibility index (Phi) is 4.26. The highest BCUT2D eigenvalue weighted by molar-refractivity contribution is 7.96. The molecule has 0 amide bonds. The molecule has 1 heterocycles. The van der Waals surface area contributed by atoms with E-state index in [2.05, 4.69) is 11.2 Å². The van der Waals surface area contributed by atoms with E-state index in [9.17, 15) is 0 Å². The Morgan fingerprint density at radius 2 is 2.09 bits per heavy atom. The zero-order valence-corrected chi connectivity index (χ0v) is 8.19. The fraction of sp³-hybridized carbons (Fsp3) is 1.00. The van der Waals surface area contributed by atoms with Crippen molar-refractivity contribution in [2.45, 2.75) is 25.9 Å². The number of rotatable bonds is 3. The number of nitrogens with zero attached hydrogens (tertiary/aromatic N) is 1. The molecule has 1 aliphatic rings. The van der Waals surface area contributed by atoms with E-state index >= 15 is 0 Å². The second-order valence-electron chi connectivity index (χ2n) is 2.78. The van der Waals surface area contributed by atoms with E-state index in [1.165, 1.54) is 31.7 Å². The zero-order chi connectivity index (χ0) is 8.10. The molecule has 66 valence electrons. The molecule has 1 aliphatic heterocycles. The first kappa shape index (κ1) is 9.36. The first-order valence-electron chi connectivity index (χ1n) is 4.27. The van der Waals surface area contributed by atoms with Gasteiger partial charge in [-0.2, -0.15) is 0 Å². The largest absolute Gasteiger partial charge is 0.381 e. The van der Waals surface area contributed by atoms with Crippen molar-refractivity contribution in [3.8, 4) is 0 Å². The second-order valence-corrected chi connectivity index (χ2v) is 4.13. The van der Waals surface area contributed by atoms with Crippen molar-refractivity contribution in [3.63, 3.8) is 0 Å². The number of methoxy groups -OCH3 is 1. The van der Waals surface area contributed by atoms with Gasteiger partial charge < -0.3 is 4.74 Å². The normalized spacial score (nSPS) is 22.4. The van der Waals surface area contributed by atoms with Gasteiger partial charge in [0.25, 0.3) is 0 Å². The average Bonchev–Trinajstić information content (AvgIpc) is 2.07. The minimum absolute atomic E-state index is 0.517. The summed E-state index contributed by atoms with van der Waals surface area (Å²) >= 11 is 1.94. The third-order valence-electron chi connectivity index (χ3n) is 2.05. The van der Waals surface area contributed by atoms with Crippen molar-refractivity contribution in [2.75, 3.05) is 26.0 Å². The Bertz CT molecular complexity index is 102. The first-order chi connectivity index (χ1) is 5.36. The third-order valence-corrected chi connectivity index (χ3v) is 3.03.